The third kappa shape index (κ3) is 4.03. The van der Waals surface area contributed by atoms with Gasteiger partial charge in [-0.05, 0) is 38.0 Å². The van der Waals surface area contributed by atoms with E-state index < -0.39 is 0 Å². The van der Waals surface area contributed by atoms with Crippen molar-refractivity contribution in [2.24, 2.45) is 0 Å². The topological polar surface area (TPSA) is 26.3 Å². The largest absolute Gasteiger partial charge is 0.493 e. The number of rotatable bonds is 6. The average Bonchev–Trinajstić information content (AvgIpc) is 2.26. The molecule has 0 bridgehead atoms. The lowest BCUT2D eigenvalue weighted by Crippen LogP contribution is -2.03. The first-order valence-electron chi connectivity index (χ1n) is 5.14. The molecule has 0 amide bonds. The van der Waals surface area contributed by atoms with E-state index in [4.69, 9.17) is 27.9 Å². The van der Waals surface area contributed by atoms with Crippen molar-refractivity contribution in [2.45, 2.75) is 19.8 Å². The number of unbranched alkanes of at least 4 members (excludes halogenated alkanes) is 1. The molecule has 88 valence electrons. The van der Waals surface area contributed by atoms with E-state index in [1.54, 1.807) is 18.2 Å². The molecule has 0 fully saturated rings. The maximum atomic E-state index is 11.3. The number of benzene rings is 1. The first kappa shape index (κ1) is 13.3. The van der Waals surface area contributed by atoms with Crippen LogP contribution in [0.4, 0.5) is 0 Å². The molecule has 2 nitrogen and oxygen atoms in total. The summed E-state index contributed by atoms with van der Waals surface area (Å²) in [4.78, 5) is 11.3. The van der Waals surface area contributed by atoms with Gasteiger partial charge in [-0.2, -0.15) is 0 Å². The molecule has 0 aliphatic heterocycles. The van der Waals surface area contributed by atoms with Gasteiger partial charge in [0.2, 0.25) is 0 Å². The average molecular weight is 261 g/mol. The van der Waals surface area contributed by atoms with Crippen LogP contribution >= 0.6 is 23.2 Å². The quantitative estimate of drug-likeness (QED) is 0.440. The highest BCUT2D eigenvalue weighted by molar-refractivity contribution is 6.31. The van der Waals surface area contributed by atoms with Crippen LogP contribution in [0.1, 0.15) is 30.1 Å². The molecule has 0 unspecified atom stereocenters. The van der Waals surface area contributed by atoms with E-state index in [9.17, 15) is 4.79 Å². The molecular weight excluding hydrogens is 247 g/mol. The summed E-state index contributed by atoms with van der Waals surface area (Å²) >= 11 is 11.4. The van der Waals surface area contributed by atoms with Crippen molar-refractivity contribution < 1.29 is 9.53 Å². The van der Waals surface area contributed by atoms with Gasteiger partial charge in [-0.3, -0.25) is 4.79 Å². The fourth-order valence-corrected chi connectivity index (χ4v) is 1.64. The summed E-state index contributed by atoms with van der Waals surface area (Å²) in [6, 6.07) is 5.06. The molecule has 4 heteroatoms. The fourth-order valence-electron chi connectivity index (χ4n) is 1.28. The molecule has 0 spiro atoms. The second-order valence-corrected chi connectivity index (χ2v) is 4.26. The van der Waals surface area contributed by atoms with Crippen LogP contribution in [0.3, 0.4) is 0 Å². The molecule has 1 aromatic rings. The first-order valence-corrected chi connectivity index (χ1v) is 6.05. The molecule has 1 rings (SSSR count). The van der Waals surface area contributed by atoms with Crippen molar-refractivity contribution in [3.05, 3.63) is 28.8 Å². The standard InChI is InChI=1S/C12H14Cl2O2/c1-9(15)11-8-10(14)4-5-12(11)16-7-3-2-6-13/h4-5,8H,2-3,6-7H2,1H3. The van der Waals surface area contributed by atoms with Gasteiger partial charge >= 0.3 is 0 Å². The number of hydrogen-bond acceptors (Lipinski definition) is 2. The van der Waals surface area contributed by atoms with E-state index in [0.717, 1.165) is 12.8 Å². The van der Waals surface area contributed by atoms with Crippen LogP contribution in [0.15, 0.2) is 18.2 Å². The van der Waals surface area contributed by atoms with E-state index in [0.29, 0.717) is 28.8 Å². The highest BCUT2D eigenvalue weighted by atomic mass is 35.5. The second kappa shape index (κ2) is 6.77. The third-order valence-electron chi connectivity index (χ3n) is 2.11. The zero-order valence-electron chi connectivity index (χ0n) is 9.13. The first-order chi connectivity index (χ1) is 7.65. The van der Waals surface area contributed by atoms with E-state index in [1.807, 2.05) is 0 Å². The number of ketones is 1. The summed E-state index contributed by atoms with van der Waals surface area (Å²) in [5.41, 5.74) is 0.526. The Morgan fingerprint density at radius 3 is 2.75 bits per heavy atom. The van der Waals surface area contributed by atoms with Crippen molar-refractivity contribution >= 4 is 29.0 Å². The van der Waals surface area contributed by atoms with Gasteiger partial charge < -0.3 is 4.74 Å². The molecule has 0 aromatic heterocycles. The Morgan fingerprint density at radius 1 is 1.38 bits per heavy atom. The predicted octanol–water partition coefficient (Wildman–Crippen LogP) is 3.94. The molecule has 0 aliphatic carbocycles. The summed E-state index contributed by atoms with van der Waals surface area (Å²) in [6.07, 6.45) is 1.79. The second-order valence-electron chi connectivity index (χ2n) is 3.44. The molecule has 0 heterocycles. The summed E-state index contributed by atoms with van der Waals surface area (Å²) in [5.74, 6) is 1.17. The van der Waals surface area contributed by atoms with Gasteiger partial charge in [-0.1, -0.05) is 11.6 Å². The normalized spacial score (nSPS) is 10.2. The molecule has 16 heavy (non-hydrogen) atoms. The molecule has 0 saturated heterocycles. The van der Waals surface area contributed by atoms with Crippen LogP contribution in [-0.2, 0) is 0 Å². The van der Waals surface area contributed by atoms with Crippen molar-refractivity contribution in [1.29, 1.82) is 0 Å². The summed E-state index contributed by atoms with van der Waals surface area (Å²) < 4.78 is 5.52. The Labute approximate surface area is 106 Å². The van der Waals surface area contributed by atoms with E-state index >= 15 is 0 Å². The number of Topliss-reactive ketones (excluding diaryl/α,β-unsaturated/α-hetero) is 1. The van der Waals surface area contributed by atoms with Crippen LogP contribution < -0.4 is 4.74 Å². The van der Waals surface area contributed by atoms with Gasteiger partial charge in [0.15, 0.2) is 5.78 Å². The van der Waals surface area contributed by atoms with Crippen molar-refractivity contribution in [2.75, 3.05) is 12.5 Å². The Hall–Kier alpha value is -0.730. The Morgan fingerprint density at radius 2 is 2.12 bits per heavy atom. The Bertz CT molecular complexity index is 364. The van der Waals surface area contributed by atoms with E-state index in [-0.39, 0.29) is 5.78 Å². The van der Waals surface area contributed by atoms with Crippen LogP contribution in [-0.4, -0.2) is 18.3 Å². The molecule has 0 saturated carbocycles. The molecule has 0 atom stereocenters. The fraction of sp³-hybridized carbons (Fsp3) is 0.417. The zero-order chi connectivity index (χ0) is 12.0. The summed E-state index contributed by atoms with van der Waals surface area (Å²) in [7, 11) is 0. The minimum absolute atomic E-state index is 0.0464. The lowest BCUT2D eigenvalue weighted by molar-refractivity contribution is 0.101. The molecule has 0 N–H and O–H groups in total. The number of hydrogen-bond donors (Lipinski definition) is 0. The van der Waals surface area contributed by atoms with Gasteiger partial charge in [0.05, 0.1) is 12.2 Å². The number of ether oxygens (including phenoxy) is 1. The third-order valence-corrected chi connectivity index (χ3v) is 2.61. The monoisotopic (exact) mass is 260 g/mol. The molecular formula is C12H14Cl2O2. The SMILES string of the molecule is CC(=O)c1cc(Cl)ccc1OCCCCCl. The van der Waals surface area contributed by atoms with Crippen LogP contribution in [0.5, 0.6) is 5.75 Å². The van der Waals surface area contributed by atoms with Gasteiger partial charge in [0, 0.05) is 10.9 Å². The number of carbonyl (C=O) groups excluding carboxylic acids is 1. The minimum Gasteiger partial charge on any atom is -0.493 e. The van der Waals surface area contributed by atoms with Gasteiger partial charge in [-0.15, -0.1) is 11.6 Å². The number of halogens is 2. The van der Waals surface area contributed by atoms with Crippen molar-refractivity contribution in [3.8, 4) is 5.75 Å². The Balaban J connectivity index is 2.67. The van der Waals surface area contributed by atoms with Gasteiger partial charge in [-0.25, -0.2) is 0 Å². The minimum atomic E-state index is -0.0464. The highest BCUT2D eigenvalue weighted by Crippen LogP contribution is 2.23. The number of carbonyl (C=O) groups is 1. The van der Waals surface area contributed by atoms with Gasteiger partial charge in [0.25, 0.3) is 0 Å². The Kier molecular flexibility index (Phi) is 5.64. The zero-order valence-corrected chi connectivity index (χ0v) is 10.6. The van der Waals surface area contributed by atoms with Gasteiger partial charge in [0.1, 0.15) is 5.75 Å². The predicted molar refractivity (Wildman–Crippen MR) is 66.9 cm³/mol. The highest BCUT2D eigenvalue weighted by Gasteiger charge is 2.08. The lowest BCUT2D eigenvalue weighted by atomic mass is 10.1. The number of alkyl halides is 1. The van der Waals surface area contributed by atoms with Crippen molar-refractivity contribution in [3.63, 3.8) is 0 Å². The molecule has 0 radical (unpaired) electrons. The van der Waals surface area contributed by atoms with Crippen LogP contribution in [0.2, 0.25) is 5.02 Å². The van der Waals surface area contributed by atoms with Crippen LogP contribution in [0, 0.1) is 0 Å². The smallest absolute Gasteiger partial charge is 0.163 e. The van der Waals surface area contributed by atoms with Crippen molar-refractivity contribution in [1.82, 2.24) is 0 Å². The maximum Gasteiger partial charge on any atom is 0.163 e. The molecule has 0 aliphatic rings. The summed E-state index contributed by atoms with van der Waals surface area (Å²) in [6.45, 7) is 2.06. The van der Waals surface area contributed by atoms with Crippen LogP contribution in [0.25, 0.3) is 0 Å². The van der Waals surface area contributed by atoms with E-state index in [2.05, 4.69) is 0 Å². The lowest BCUT2D eigenvalue weighted by Gasteiger charge is -2.09. The summed E-state index contributed by atoms with van der Waals surface area (Å²) in [5, 5.41) is 0.540. The maximum absolute atomic E-state index is 11.3. The van der Waals surface area contributed by atoms with E-state index in [1.165, 1.54) is 6.92 Å². The molecule has 1 aromatic carbocycles.